The number of hydrogen-bond donors (Lipinski definition) is 2. The molecule has 1 aromatic heterocycles. The van der Waals surface area contributed by atoms with Crippen molar-refractivity contribution in [3.8, 4) is 0 Å². The Morgan fingerprint density at radius 1 is 1.26 bits per heavy atom. The Morgan fingerprint density at radius 3 is 2.67 bits per heavy atom. The average molecular weight is 373 g/mol. The summed E-state index contributed by atoms with van der Waals surface area (Å²) in [5.41, 5.74) is 1.35. The number of nitrogens with one attached hydrogen (secondary N) is 2. The number of alkyl carbamates (subject to hydrolysis) is 1. The summed E-state index contributed by atoms with van der Waals surface area (Å²) in [6.45, 7) is 7.47. The van der Waals surface area contributed by atoms with Crippen LogP contribution in [0.5, 0.6) is 0 Å². The minimum absolute atomic E-state index is 0.116. The number of carbonyl (C=O) groups is 2. The smallest absolute Gasteiger partial charge is 0.408 e. The van der Waals surface area contributed by atoms with E-state index in [0.29, 0.717) is 32.7 Å². The van der Waals surface area contributed by atoms with Gasteiger partial charge >= 0.3 is 6.09 Å². The van der Waals surface area contributed by atoms with E-state index in [1.807, 2.05) is 30.5 Å². The van der Waals surface area contributed by atoms with Crippen molar-refractivity contribution in [2.75, 3.05) is 26.3 Å². The van der Waals surface area contributed by atoms with E-state index in [4.69, 9.17) is 9.47 Å². The second-order valence-corrected chi connectivity index (χ2v) is 7.70. The molecule has 0 spiro atoms. The van der Waals surface area contributed by atoms with Crippen LogP contribution in [0.3, 0.4) is 0 Å². The molecule has 146 valence electrons. The molecule has 0 aliphatic carbocycles. The molecule has 1 saturated heterocycles. The topological polar surface area (TPSA) is 83.7 Å². The van der Waals surface area contributed by atoms with Gasteiger partial charge in [-0.3, -0.25) is 4.79 Å². The largest absolute Gasteiger partial charge is 0.444 e. The van der Waals surface area contributed by atoms with Crippen molar-refractivity contribution >= 4 is 22.9 Å². The first-order valence-electron chi connectivity index (χ1n) is 9.24. The maximum Gasteiger partial charge on any atom is 0.408 e. The van der Waals surface area contributed by atoms with Crippen LogP contribution in [-0.2, 0) is 20.7 Å². The number of rotatable bonds is 4. The molecule has 0 bridgehead atoms. The van der Waals surface area contributed by atoms with E-state index in [9.17, 15) is 9.59 Å². The Balaban J connectivity index is 1.80. The van der Waals surface area contributed by atoms with E-state index >= 15 is 0 Å². The fourth-order valence-electron chi connectivity index (χ4n) is 3.17. The molecule has 2 heterocycles. The molecule has 2 aromatic rings. The third kappa shape index (κ3) is 5.01. The third-order valence-corrected chi connectivity index (χ3v) is 4.41. The van der Waals surface area contributed by atoms with E-state index in [1.165, 1.54) is 0 Å². The lowest BCUT2D eigenvalue weighted by Gasteiger charge is -2.31. The Morgan fingerprint density at radius 2 is 1.96 bits per heavy atom. The van der Waals surface area contributed by atoms with Gasteiger partial charge < -0.3 is 24.7 Å². The predicted octanol–water partition coefficient (Wildman–Crippen LogP) is 2.46. The second kappa shape index (κ2) is 8.00. The van der Waals surface area contributed by atoms with Gasteiger partial charge in [-0.15, -0.1) is 0 Å². The van der Waals surface area contributed by atoms with Gasteiger partial charge in [-0.25, -0.2) is 4.79 Å². The molecule has 3 rings (SSSR count). The van der Waals surface area contributed by atoms with Crippen LogP contribution in [0.1, 0.15) is 26.3 Å². The van der Waals surface area contributed by atoms with E-state index in [-0.39, 0.29) is 5.91 Å². The molecule has 2 amide bonds. The molecule has 1 atom stereocenters. The first-order valence-corrected chi connectivity index (χ1v) is 9.24. The van der Waals surface area contributed by atoms with Crippen molar-refractivity contribution in [1.82, 2.24) is 15.2 Å². The highest BCUT2D eigenvalue weighted by Crippen LogP contribution is 2.20. The maximum atomic E-state index is 13.1. The van der Waals surface area contributed by atoms with Gasteiger partial charge in [0.25, 0.3) is 0 Å². The number of H-pyrrole nitrogens is 1. The molecule has 7 nitrogen and oxygen atoms in total. The van der Waals surface area contributed by atoms with Crippen LogP contribution in [0.4, 0.5) is 4.79 Å². The monoisotopic (exact) mass is 373 g/mol. The molecular weight excluding hydrogens is 346 g/mol. The fraction of sp³-hybridized carbons (Fsp3) is 0.500. The molecule has 0 unspecified atom stereocenters. The van der Waals surface area contributed by atoms with E-state index in [1.54, 1.807) is 25.7 Å². The zero-order valence-corrected chi connectivity index (χ0v) is 16.1. The van der Waals surface area contributed by atoms with Gasteiger partial charge in [0.2, 0.25) is 5.91 Å². The number of fused-ring (bicyclic) bond motifs is 1. The molecule has 1 aliphatic rings. The zero-order chi connectivity index (χ0) is 19.4. The highest BCUT2D eigenvalue weighted by Gasteiger charge is 2.29. The Kier molecular flexibility index (Phi) is 5.70. The van der Waals surface area contributed by atoms with Crippen LogP contribution in [0, 0.1) is 0 Å². The zero-order valence-electron chi connectivity index (χ0n) is 16.1. The van der Waals surface area contributed by atoms with Crippen LogP contribution in [0.15, 0.2) is 30.5 Å². The summed E-state index contributed by atoms with van der Waals surface area (Å²) in [4.78, 5) is 30.3. The number of amides is 2. The third-order valence-electron chi connectivity index (χ3n) is 4.41. The molecule has 0 saturated carbocycles. The number of nitrogens with zero attached hydrogens (tertiary/aromatic N) is 1. The molecule has 1 aliphatic heterocycles. The Hall–Kier alpha value is -2.54. The lowest BCUT2D eigenvalue weighted by molar-refractivity contribution is -0.137. The van der Waals surface area contributed by atoms with Crippen LogP contribution >= 0.6 is 0 Å². The second-order valence-electron chi connectivity index (χ2n) is 7.70. The van der Waals surface area contributed by atoms with E-state index < -0.39 is 17.7 Å². The van der Waals surface area contributed by atoms with Crippen molar-refractivity contribution in [3.63, 3.8) is 0 Å². The number of hydrogen-bond acceptors (Lipinski definition) is 4. The molecule has 1 fully saturated rings. The van der Waals surface area contributed by atoms with Gasteiger partial charge in [0.1, 0.15) is 11.6 Å². The van der Waals surface area contributed by atoms with Crippen molar-refractivity contribution < 1.29 is 19.1 Å². The predicted molar refractivity (Wildman–Crippen MR) is 103 cm³/mol. The number of aromatic nitrogens is 1. The van der Waals surface area contributed by atoms with E-state index in [2.05, 4.69) is 10.3 Å². The fourth-order valence-corrected chi connectivity index (χ4v) is 3.17. The molecule has 0 radical (unpaired) electrons. The summed E-state index contributed by atoms with van der Waals surface area (Å²) < 4.78 is 10.7. The Bertz CT molecular complexity index is 803. The number of morpholine rings is 1. The van der Waals surface area contributed by atoms with Gasteiger partial charge in [-0.05, 0) is 32.4 Å². The molecule has 7 heteroatoms. The minimum atomic E-state index is -0.697. The van der Waals surface area contributed by atoms with Crippen LogP contribution < -0.4 is 5.32 Å². The van der Waals surface area contributed by atoms with Crippen LogP contribution in [-0.4, -0.2) is 59.8 Å². The Labute approximate surface area is 159 Å². The van der Waals surface area contributed by atoms with Gasteiger partial charge in [-0.1, -0.05) is 18.2 Å². The van der Waals surface area contributed by atoms with E-state index in [0.717, 1.165) is 16.5 Å². The lowest BCUT2D eigenvalue weighted by atomic mass is 10.0. The molecule has 27 heavy (non-hydrogen) atoms. The van der Waals surface area contributed by atoms with Crippen molar-refractivity contribution in [3.05, 3.63) is 36.0 Å². The molecule has 1 aromatic carbocycles. The van der Waals surface area contributed by atoms with Gasteiger partial charge in [0, 0.05) is 36.6 Å². The lowest BCUT2D eigenvalue weighted by Crippen LogP contribution is -2.53. The van der Waals surface area contributed by atoms with Crippen LogP contribution in [0.25, 0.3) is 10.9 Å². The van der Waals surface area contributed by atoms with Gasteiger partial charge in [0.05, 0.1) is 13.2 Å². The minimum Gasteiger partial charge on any atom is -0.444 e. The highest BCUT2D eigenvalue weighted by molar-refractivity contribution is 5.88. The number of aromatic amines is 1. The van der Waals surface area contributed by atoms with Crippen molar-refractivity contribution in [2.45, 2.75) is 38.8 Å². The van der Waals surface area contributed by atoms with Crippen molar-refractivity contribution in [1.29, 1.82) is 0 Å². The summed E-state index contributed by atoms with van der Waals surface area (Å²) in [5.74, 6) is -0.116. The number of carbonyl (C=O) groups excluding carboxylic acids is 2. The standard InChI is InChI=1S/C20H27N3O4/c1-20(2,3)27-19(25)22-17(18(24)23-8-10-26-11-9-23)12-14-13-21-16-7-5-4-6-15(14)16/h4-7,13,17,21H,8-12H2,1-3H3,(H,22,25)/t17-/m0/s1. The van der Waals surface area contributed by atoms with Gasteiger partial charge in [-0.2, -0.15) is 0 Å². The first-order chi connectivity index (χ1) is 12.8. The highest BCUT2D eigenvalue weighted by atomic mass is 16.6. The molecular formula is C20H27N3O4. The quantitative estimate of drug-likeness (QED) is 0.862. The summed E-state index contributed by atoms with van der Waals surface area (Å²) in [6.07, 6.45) is 1.69. The van der Waals surface area contributed by atoms with Gasteiger partial charge in [0.15, 0.2) is 0 Å². The van der Waals surface area contributed by atoms with Crippen LogP contribution in [0.2, 0.25) is 0 Å². The number of para-hydroxylation sites is 1. The first kappa shape index (κ1) is 19.2. The summed E-state index contributed by atoms with van der Waals surface area (Å²) >= 11 is 0. The van der Waals surface area contributed by atoms with Crippen molar-refractivity contribution in [2.24, 2.45) is 0 Å². The average Bonchev–Trinajstić information content (AvgIpc) is 3.03. The number of benzene rings is 1. The normalized spacial score (nSPS) is 16.2. The molecule has 2 N–H and O–H groups in total. The maximum absolute atomic E-state index is 13.1. The summed E-state index contributed by atoms with van der Waals surface area (Å²) in [5, 5.41) is 3.81. The summed E-state index contributed by atoms with van der Waals surface area (Å²) in [7, 11) is 0. The SMILES string of the molecule is CC(C)(C)OC(=O)N[C@@H](Cc1c[nH]c2ccccc12)C(=O)N1CCOCC1. The number of ether oxygens (including phenoxy) is 2. The summed E-state index contributed by atoms with van der Waals surface area (Å²) in [6, 6.07) is 7.21.